The first-order valence-corrected chi connectivity index (χ1v) is 10.1. The summed E-state index contributed by atoms with van der Waals surface area (Å²) in [7, 11) is 1.21. The quantitative estimate of drug-likeness (QED) is 0.270. The molecule has 0 saturated heterocycles. The maximum absolute atomic E-state index is 13.2. The minimum Gasteiger partial charge on any atom is -0.463 e. The predicted molar refractivity (Wildman–Crippen MR) is 114 cm³/mol. The van der Waals surface area contributed by atoms with E-state index in [9.17, 15) is 14.0 Å². The van der Waals surface area contributed by atoms with E-state index in [-0.39, 0.29) is 37.5 Å². The molecule has 0 spiro atoms. The van der Waals surface area contributed by atoms with E-state index in [0.29, 0.717) is 16.8 Å². The van der Waals surface area contributed by atoms with Crippen molar-refractivity contribution < 1.29 is 28.2 Å². The molecule has 0 unspecified atom stereocenters. The molecule has 0 atom stereocenters. The van der Waals surface area contributed by atoms with Crippen LogP contribution in [0, 0.1) is 5.82 Å². The smallest absolute Gasteiger partial charge is 0.378 e. The number of nitrogens with zero attached hydrogens (tertiary/aromatic N) is 6. The van der Waals surface area contributed by atoms with Gasteiger partial charge in [-0.3, -0.25) is 0 Å². The monoisotopic (exact) mass is 466 g/mol. The second-order valence-electron chi connectivity index (χ2n) is 6.82. The van der Waals surface area contributed by atoms with E-state index < -0.39 is 11.9 Å². The maximum atomic E-state index is 13.2. The number of benzene rings is 2. The van der Waals surface area contributed by atoms with Crippen molar-refractivity contribution in [1.82, 2.24) is 29.8 Å². The van der Waals surface area contributed by atoms with Crippen molar-refractivity contribution >= 4 is 11.9 Å². The molecule has 4 aromatic rings. The highest BCUT2D eigenvalue weighted by Gasteiger charge is 2.20. The number of carbonyl (C=O) groups excluding carboxylic acids is 2. The Morgan fingerprint density at radius 3 is 2.50 bits per heavy atom. The summed E-state index contributed by atoms with van der Waals surface area (Å²) < 4.78 is 31.2. The van der Waals surface area contributed by atoms with E-state index in [0.717, 1.165) is 0 Å². The minimum atomic E-state index is -0.740. The van der Waals surface area contributed by atoms with Crippen LogP contribution in [-0.4, -0.2) is 62.0 Å². The Kier molecular flexibility index (Phi) is 6.98. The second kappa shape index (κ2) is 10.4. The van der Waals surface area contributed by atoms with Gasteiger partial charge < -0.3 is 14.2 Å². The van der Waals surface area contributed by atoms with Gasteiger partial charge in [0.25, 0.3) is 11.8 Å². The molecule has 0 amide bonds. The summed E-state index contributed by atoms with van der Waals surface area (Å²) in [5.41, 5.74) is 1.54. The number of methoxy groups -OCH3 is 1. The van der Waals surface area contributed by atoms with Crippen LogP contribution in [-0.2, 0) is 20.9 Å². The van der Waals surface area contributed by atoms with Crippen LogP contribution in [0.15, 0.2) is 60.8 Å². The van der Waals surface area contributed by atoms with Crippen LogP contribution in [0.1, 0.15) is 21.0 Å². The normalized spacial score (nSPS) is 10.8. The molecule has 2 heterocycles. The molecule has 0 aliphatic rings. The van der Waals surface area contributed by atoms with Crippen LogP contribution < -0.4 is 0 Å². The Bertz CT molecular complexity index is 1270. The average molecular weight is 466 g/mol. The average Bonchev–Trinajstić information content (AvgIpc) is 3.52. The number of hydrogen-bond donors (Lipinski definition) is 0. The fraction of sp³-hybridized carbons (Fsp3) is 0.182. The molecule has 0 fully saturated rings. The Morgan fingerprint density at radius 2 is 1.76 bits per heavy atom. The zero-order valence-corrected chi connectivity index (χ0v) is 18.0. The summed E-state index contributed by atoms with van der Waals surface area (Å²) >= 11 is 0. The van der Waals surface area contributed by atoms with Crippen LogP contribution in [0.2, 0.25) is 0 Å². The van der Waals surface area contributed by atoms with E-state index in [4.69, 9.17) is 9.47 Å². The Hall–Kier alpha value is -4.45. The van der Waals surface area contributed by atoms with Crippen molar-refractivity contribution in [3.8, 4) is 17.2 Å². The molecule has 2 aromatic heterocycles. The first-order chi connectivity index (χ1) is 16.5. The van der Waals surface area contributed by atoms with Gasteiger partial charge in [0.05, 0.1) is 25.5 Å². The third kappa shape index (κ3) is 5.30. The van der Waals surface area contributed by atoms with Crippen molar-refractivity contribution in [2.45, 2.75) is 6.73 Å². The molecule has 4 rings (SSSR count). The number of esters is 2. The molecule has 34 heavy (non-hydrogen) atoms. The summed E-state index contributed by atoms with van der Waals surface area (Å²) in [6.45, 7) is -0.0305. The maximum Gasteiger partial charge on any atom is 0.378 e. The molecule has 12 heteroatoms. The first kappa shape index (κ1) is 22.7. The van der Waals surface area contributed by atoms with E-state index in [2.05, 4.69) is 25.1 Å². The van der Waals surface area contributed by atoms with Crippen molar-refractivity contribution in [3.63, 3.8) is 0 Å². The van der Waals surface area contributed by atoms with Crippen LogP contribution in [0.5, 0.6) is 0 Å². The highest BCUT2D eigenvalue weighted by Crippen LogP contribution is 2.18. The van der Waals surface area contributed by atoms with Gasteiger partial charge in [0, 0.05) is 5.56 Å². The van der Waals surface area contributed by atoms with Gasteiger partial charge in [-0.15, -0.1) is 10.2 Å². The van der Waals surface area contributed by atoms with Crippen molar-refractivity contribution in [1.29, 1.82) is 0 Å². The van der Waals surface area contributed by atoms with Gasteiger partial charge in [0.2, 0.25) is 0 Å². The van der Waals surface area contributed by atoms with Crippen molar-refractivity contribution in [3.05, 3.63) is 78.0 Å². The third-order valence-electron chi connectivity index (χ3n) is 4.54. The topological polar surface area (TPSA) is 123 Å². The SMILES string of the molecule is COC(=O)c1nc(-n2cc(-c3ccc(F)cc3)nn2)n(COCCOC(=O)c2ccccc2)n1. The molecule has 0 bridgehead atoms. The molecule has 174 valence electrons. The predicted octanol–water partition coefficient (Wildman–Crippen LogP) is 2.28. The van der Waals surface area contributed by atoms with Gasteiger partial charge in [0.15, 0.2) is 0 Å². The highest BCUT2D eigenvalue weighted by atomic mass is 19.1. The van der Waals surface area contributed by atoms with Crippen LogP contribution in [0.4, 0.5) is 4.39 Å². The number of halogens is 1. The first-order valence-electron chi connectivity index (χ1n) is 10.1. The molecule has 0 N–H and O–H groups in total. The Labute approximate surface area is 192 Å². The number of rotatable bonds is 9. The van der Waals surface area contributed by atoms with E-state index in [1.807, 2.05) is 0 Å². The third-order valence-corrected chi connectivity index (χ3v) is 4.54. The molecule has 0 saturated carbocycles. The summed E-state index contributed by atoms with van der Waals surface area (Å²) in [6.07, 6.45) is 1.55. The van der Waals surface area contributed by atoms with Crippen molar-refractivity contribution in [2.75, 3.05) is 20.3 Å². The van der Waals surface area contributed by atoms with Crippen LogP contribution in [0.25, 0.3) is 17.2 Å². The van der Waals surface area contributed by atoms with Crippen LogP contribution >= 0.6 is 0 Å². The van der Waals surface area contributed by atoms with Gasteiger partial charge in [-0.1, -0.05) is 23.4 Å². The molecule has 0 aliphatic carbocycles. The summed E-state index contributed by atoms with van der Waals surface area (Å²) in [4.78, 5) is 28.0. The number of ether oxygens (including phenoxy) is 3. The lowest BCUT2D eigenvalue weighted by Gasteiger charge is -2.07. The van der Waals surface area contributed by atoms with Gasteiger partial charge in [-0.05, 0) is 36.4 Å². The number of carbonyl (C=O) groups is 2. The zero-order chi connectivity index (χ0) is 23.9. The fourth-order valence-corrected chi connectivity index (χ4v) is 2.88. The van der Waals surface area contributed by atoms with Crippen LogP contribution in [0.3, 0.4) is 0 Å². The lowest BCUT2D eigenvalue weighted by atomic mass is 10.2. The van der Waals surface area contributed by atoms with E-state index in [1.165, 1.54) is 28.6 Å². The van der Waals surface area contributed by atoms with Gasteiger partial charge in [-0.25, -0.2) is 18.7 Å². The van der Waals surface area contributed by atoms with Gasteiger partial charge >= 0.3 is 11.9 Å². The second-order valence-corrected chi connectivity index (χ2v) is 6.82. The minimum absolute atomic E-state index is 0.0135. The molecule has 2 aromatic carbocycles. The van der Waals surface area contributed by atoms with E-state index in [1.54, 1.807) is 48.7 Å². The summed E-state index contributed by atoms with van der Waals surface area (Å²) in [5, 5.41) is 12.2. The molecular formula is C22H19FN6O5. The van der Waals surface area contributed by atoms with Crippen molar-refractivity contribution in [2.24, 2.45) is 0 Å². The summed E-state index contributed by atoms with van der Waals surface area (Å²) in [6, 6.07) is 14.3. The highest BCUT2D eigenvalue weighted by molar-refractivity contribution is 5.89. The molecule has 0 radical (unpaired) electrons. The Balaban J connectivity index is 1.43. The number of hydrogen-bond acceptors (Lipinski definition) is 9. The molecular weight excluding hydrogens is 447 g/mol. The fourth-order valence-electron chi connectivity index (χ4n) is 2.88. The lowest BCUT2D eigenvalue weighted by Crippen LogP contribution is -2.15. The largest absolute Gasteiger partial charge is 0.463 e. The Morgan fingerprint density at radius 1 is 1.00 bits per heavy atom. The lowest BCUT2D eigenvalue weighted by molar-refractivity contribution is 0.0141. The van der Waals surface area contributed by atoms with Gasteiger partial charge in [-0.2, -0.15) is 9.67 Å². The van der Waals surface area contributed by atoms with E-state index >= 15 is 0 Å². The molecule has 0 aliphatic heterocycles. The number of aromatic nitrogens is 6. The summed E-state index contributed by atoms with van der Waals surface area (Å²) in [5.74, 6) is -1.63. The molecule has 11 nitrogen and oxygen atoms in total. The van der Waals surface area contributed by atoms with Gasteiger partial charge in [0.1, 0.15) is 24.8 Å². The zero-order valence-electron chi connectivity index (χ0n) is 18.0. The standard InChI is InChI=1S/C22H19FN6O5/c1-32-21(31)19-24-22(28-13-18(25-27-28)15-7-9-17(23)10-8-15)29(26-19)14-33-11-12-34-20(30)16-5-3-2-4-6-16/h2-10,13H,11-12,14H2,1H3.